The minimum atomic E-state index is -0.543. The predicted octanol–water partition coefficient (Wildman–Crippen LogP) is 1.44. The number of aromatic nitrogens is 2. The summed E-state index contributed by atoms with van der Waals surface area (Å²) in [4.78, 5) is 19.2. The molecule has 0 bridgehead atoms. The number of nitrogens with one attached hydrogen (secondary N) is 1. The Kier molecular flexibility index (Phi) is 4.64. The highest BCUT2D eigenvalue weighted by molar-refractivity contribution is 6.28. The molecule has 2 atom stereocenters. The first-order valence-electron chi connectivity index (χ1n) is 5.09. The molecule has 6 heteroatoms. The molecule has 16 heavy (non-hydrogen) atoms. The lowest BCUT2D eigenvalue weighted by atomic mass is 9.99. The van der Waals surface area contributed by atoms with Gasteiger partial charge in [0.2, 0.25) is 11.2 Å². The monoisotopic (exact) mass is 242 g/mol. The summed E-state index contributed by atoms with van der Waals surface area (Å²) in [5, 5.41) is 2.69. The van der Waals surface area contributed by atoms with Gasteiger partial charge in [0.05, 0.1) is 6.04 Å². The van der Waals surface area contributed by atoms with Crippen molar-refractivity contribution in [3.05, 3.63) is 17.5 Å². The van der Waals surface area contributed by atoms with E-state index in [2.05, 4.69) is 15.3 Å². The molecule has 88 valence electrons. The second kappa shape index (κ2) is 5.77. The number of anilines is 1. The second-order valence-corrected chi connectivity index (χ2v) is 3.95. The van der Waals surface area contributed by atoms with Crippen molar-refractivity contribution in [2.24, 2.45) is 11.7 Å². The minimum absolute atomic E-state index is 0.0925. The molecular weight excluding hydrogens is 228 g/mol. The van der Waals surface area contributed by atoms with Gasteiger partial charge in [-0.1, -0.05) is 20.3 Å². The van der Waals surface area contributed by atoms with Crippen LogP contribution in [0.25, 0.3) is 0 Å². The van der Waals surface area contributed by atoms with Gasteiger partial charge in [-0.3, -0.25) is 4.79 Å². The van der Waals surface area contributed by atoms with E-state index in [0.29, 0.717) is 5.82 Å². The Morgan fingerprint density at radius 2 is 2.38 bits per heavy atom. The van der Waals surface area contributed by atoms with Crippen molar-refractivity contribution in [3.8, 4) is 0 Å². The fraction of sp³-hybridized carbons (Fsp3) is 0.500. The van der Waals surface area contributed by atoms with E-state index < -0.39 is 6.04 Å². The zero-order valence-electron chi connectivity index (χ0n) is 9.27. The van der Waals surface area contributed by atoms with Crippen LogP contribution < -0.4 is 11.1 Å². The van der Waals surface area contributed by atoms with Gasteiger partial charge < -0.3 is 11.1 Å². The van der Waals surface area contributed by atoms with E-state index in [0.717, 1.165) is 6.42 Å². The third-order valence-corrected chi connectivity index (χ3v) is 2.62. The van der Waals surface area contributed by atoms with E-state index in [9.17, 15) is 4.79 Å². The Bertz CT molecular complexity index is 372. The average Bonchev–Trinajstić information content (AvgIpc) is 2.27. The summed E-state index contributed by atoms with van der Waals surface area (Å²) in [6.07, 6.45) is 2.32. The van der Waals surface area contributed by atoms with Gasteiger partial charge in [-0.25, -0.2) is 9.97 Å². The Balaban J connectivity index is 2.64. The van der Waals surface area contributed by atoms with Gasteiger partial charge in [-0.15, -0.1) is 0 Å². The van der Waals surface area contributed by atoms with Crippen LogP contribution in [0.1, 0.15) is 20.3 Å². The smallest absolute Gasteiger partial charge is 0.242 e. The first kappa shape index (κ1) is 12.9. The minimum Gasteiger partial charge on any atom is -0.320 e. The fourth-order valence-corrected chi connectivity index (χ4v) is 1.27. The number of nitrogens with two attached hydrogens (primary N) is 1. The number of nitrogens with zero attached hydrogens (tertiary/aromatic N) is 2. The Labute approximate surface area is 99.4 Å². The zero-order chi connectivity index (χ0) is 12.1. The zero-order valence-corrected chi connectivity index (χ0v) is 10.0. The first-order chi connectivity index (χ1) is 7.54. The number of rotatable bonds is 4. The molecule has 0 radical (unpaired) electrons. The molecule has 0 aliphatic heterocycles. The second-order valence-electron chi connectivity index (χ2n) is 3.61. The Hall–Kier alpha value is -1.20. The molecule has 1 aromatic heterocycles. The fourth-order valence-electron chi connectivity index (χ4n) is 1.13. The molecule has 0 unspecified atom stereocenters. The van der Waals surface area contributed by atoms with Crippen LogP contribution in [0, 0.1) is 5.92 Å². The van der Waals surface area contributed by atoms with Crippen molar-refractivity contribution >= 4 is 23.3 Å². The quantitative estimate of drug-likeness (QED) is 0.783. The molecule has 0 saturated heterocycles. The van der Waals surface area contributed by atoms with Gasteiger partial charge in [0.1, 0.15) is 5.82 Å². The SMILES string of the molecule is CC[C@H](C)[C@H](N)C(=O)Nc1ccnc(Cl)n1. The van der Waals surface area contributed by atoms with Gasteiger partial charge >= 0.3 is 0 Å². The molecule has 0 saturated carbocycles. The summed E-state index contributed by atoms with van der Waals surface area (Å²) in [5.74, 6) is 0.227. The standard InChI is InChI=1S/C10H15ClN4O/c1-3-6(2)8(12)9(16)14-7-4-5-13-10(11)15-7/h4-6,8H,3,12H2,1-2H3,(H,13,14,15,16)/t6-,8-/m0/s1. The lowest BCUT2D eigenvalue weighted by Crippen LogP contribution is -2.40. The molecular formula is C10H15ClN4O. The molecule has 3 N–H and O–H groups in total. The number of carbonyl (C=O) groups excluding carboxylic acids is 1. The van der Waals surface area contributed by atoms with Crippen LogP contribution in [0.4, 0.5) is 5.82 Å². The van der Waals surface area contributed by atoms with Gasteiger partial charge in [-0.05, 0) is 23.6 Å². The van der Waals surface area contributed by atoms with E-state index in [1.54, 1.807) is 6.07 Å². The number of amides is 1. The maximum absolute atomic E-state index is 11.7. The highest BCUT2D eigenvalue weighted by Gasteiger charge is 2.19. The Morgan fingerprint density at radius 3 is 2.94 bits per heavy atom. The maximum atomic E-state index is 11.7. The van der Waals surface area contributed by atoms with E-state index in [1.807, 2.05) is 13.8 Å². The summed E-state index contributed by atoms with van der Waals surface area (Å²) < 4.78 is 0. The largest absolute Gasteiger partial charge is 0.320 e. The third kappa shape index (κ3) is 3.43. The molecule has 0 aromatic carbocycles. The molecule has 1 heterocycles. The summed E-state index contributed by atoms with van der Waals surface area (Å²) >= 11 is 5.59. The predicted molar refractivity (Wildman–Crippen MR) is 63.1 cm³/mol. The van der Waals surface area contributed by atoms with Crippen LogP contribution in [0.3, 0.4) is 0 Å². The average molecular weight is 243 g/mol. The maximum Gasteiger partial charge on any atom is 0.242 e. The van der Waals surface area contributed by atoms with Crippen LogP contribution in [0.2, 0.25) is 5.28 Å². The highest BCUT2D eigenvalue weighted by atomic mass is 35.5. The Morgan fingerprint density at radius 1 is 1.69 bits per heavy atom. The van der Waals surface area contributed by atoms with E-state index >= 15 is 0 Å². The van der Waals surface area contributed by atoms with Crippen molar-refractivity contribution in [2.45, 2.75) is 26.3 Å². The van der Waals surface area contributed by atoms with Crippen LogP contribution in [0.15, 0.2) is 12.3 Å². The molecule has 0 aliphatic rings. The van der Waals surface area contributed by atoms with Crippen LogP contribution >= 0.6 is 11.6 Å². The molecule has 1 rings (SSSR count). The highest BCUT2D eigenvalue weighted by Crippen LogP contribution is 2.09. The number of hydrogen-bond donors (Lipinski definition) is 2. The van der Waals surface area contributed by atoms with E-state index in [1.165, 1.54) is 6.20 Å². The lowest BCUT2D eigenvalue weighted by molar-refractivity contribution is -0.118. The lowest BCUT2D eigenvalue weighted by Gasteiger charge is -2.17. The number of hydrogen-bond acceptors (Lipinski definition) is 4. The van der Waals surface area contributed by atoms with Crippen molar-refractivity contribution in [3.63, 3.8) is 0 Å². The van der Waals surface area contributed by atoms with Crippen LogP contribution in [0.5, 0.6) is 0 Å². The molecule has 0 spiro atoms. The van der Waals surface area contributed by atoms with Crippen LogP contribution in [-0.2, 0) is 4.79 Å². The van der Waals surface area contributed by atoms with Gasteiger partial charge in [0.25, 0.3) is 0 Å². The van der Waals surface area contributed by atoms with Gasteiger partial charge in [-0.2, -0.15) is 0 Å². The van der Waals surface area contributed by atoms with Crippen LogP contribution in [-0.4, -0.2) is 21.9 Å². The van der Waals surface area contributed by atoms with Gasteiger partial charge in [0.15, 0.2) is 0 Å². The first-order valence-corrected chi connectivity index (χ1v) is 5.47. The summed E-state index contributed by atoms with van der Waals surface area (Å²) in [7, 11) is 0. The third-order valence-electron chi connectivity index (χ3n) is 2.44. The van der Waals surface area contributed by atoms with Crippen molar-refractivity contribution in [2.75, 3.05) is 5.32 Å². The van der Waals surface area contributed by atoms with Crippen molar-refractivity contribution in [1.82, 2.24) is 9.97 Å². The normalized spacial score (nSPS) is 14.2. The van der Waals surface area contributed by atoms with E-state index in [-0.39, 0.29) is 17.1 Å². The topological polar surface area (TPSA) is 80.9 Å². The number of carbonyl (C=O) groups is 1. The molecule has 5 nitrogen and oxygen atoms in total. The summed E-state index contributed by atoms with van der Waals surface area (Å²) in [6, 6.07) is 1.02. The molecule has 0 fully saturated rings. The van der Waals surface area contributed by atoms with Crippen molar-refractivity contribution < 1.29 is 4.79 Å². The summed E-state index contributed by atoms with van der Waals surface area (Å²) in [6.45, 7) is 3.91. The molecule has 1 aromatic rings. The van der Waals surface area contributed by atoms with E-state index in [4.69, 9.17) is 17.3 Å². The molecule has 1 amide bonds. The van der Waals surface area contributed by atoms with Gasteiger partial charge in [0, 0.05) is 6.20 Å². The number of halogens is 1. The molecule has 0 aliphatic carbocycles. The van der Waals surface area contributed by atoms with Crippen molar-refractivity contribution in [1.29, 1.82) is 0 Å². The summed E-state index contributed by atoms with van der Waals surface area (Å²) in [5.41, 5.74) is 5.77.